The Labute approximate surface area is 227 Å². The molecule has 3 aromatic carbocycles. The maximum atomic E-state index is 11.5. The number of ether oxygens (including phenoxy) is 2. The zero-order chi connectivity index (χ0) is 26.8. The summed E-state index contributed by atoms with van der Waals surface area (Å²) in [6.45, 7) is 0.706. The topological polar surface area (TPSA) is 59.3 Å². The Morgan fingerprint density at radius 1 is 0.895 bits per heavy atom. The Morgan fingerprint density at radius 2 is 1.68 bits per heavy atom. The SMILES string of the molecule is COC(=O)CCCCC(/C=C/c1ccccc1OCCCCCc1ccccc1)Cc1cccc(C#N)c1. The Hall–Kier alpha value is -3.84. The highest BCUT2D eigenvalue weighted by Gasteiger charge is 2.10. The van der Waals surface area contributed by atoms with Crippen LogP contribution < -0.4 is 4.74 Å². The number of hydrogen-bond donors (Lipinski definition) is 0. The molecule has 0 spiro atoms. The number of esters is 1. The second-order valence-electron chi connectivity index (χ2n) is 9.64. The Morgan fingerprint density at radius 3 is 2.50 bits per heavy atom. The van der Waals surface area contributed by atoms with E-state index in [1.165, 1.54) is 19.1 Å². The smallest absolute Gasteiger partial charge is 0.305 e. The van der Waals surface area contributed by atoms with E-state index in [2.05, 4.69) is 60.7 Å². The second kappa shape index (κ2) is 16.8. The fourth-order valence-corrected chi connectivity index (χ4v) is 4.54. The highest BCUT2D eigenvalue weighted by Crippen LogP contribution is 2.24. The molecule has 198 valence electrons. The second-order valence-corrected chi connectivity index (χ2v) is 9.64. The molecule has 3 rings (SSSR count). The maximum absolute atomic E-state index is 11.5. The van der Waals surface area contributed by atoms with Gasteiger partial charge in [-0.05, 0) is 80.2 Å². The molecule has 0 saturated carbocycles. The number of nitrogens with zero attached hydrogens (tertiary/aromatic N) is 1. The molecule has 0 aliphatic heterocycles. The predicted molar refractivity (Wildman–Crippen MR) is 154 cm³/mol. The van der Waals surface area contributed by atoms with Gasteiger partial charge in [-0.2, -0.15) is 5.26 Å². The normalized spacial score (nSPS) is 11.7. The van der Waals surface area contributed by atoms with E-state index in [4.69, 9.17) is 9.47 Å². The molecule has 1 unspecified atom stereocenters. The average Bonchev–Trinajstić information content (AvgIpc) is 2.96. The summed E-state index contributed by atoms with van der Waals surface area (Å²) in [5, 5.41) is 9.28. The first-order valence-electron chi connectivity index (χ1n) is 13.7. The van der Waals surface area contributed by atoms with Crippen molar-refractivity contribution in [3.63, 3.8) is 0 Å². The van der Waals surface area contributed by atoms with Crippen molar-refractivity contribution >= 4 is 12.0 Å². The van der Waals surface area contributed by atoms with Crippen LogP contribution in [0.15, 0.2) is 84.9 Å². The van der Waals surface area contributed by atoms with Crippen LogP contribution in [0.4, 0.5) is 0 Å². The minimum atomic E-state index is -0.162. The molecule has 0 N–H and O–H groups in total. The molecular weight excluding hydrogens is 470 g/mol. The van der Waals surface area contributed by atoms with E-state index in [9.17, 15) is 10.1 Å². The van der Waals surface area contributed by atoms with Crippen LogP contribution in [0.1, 0.15) is 67.2 Å². The molecule has 0 bridgehead atoms. The van der Waals surface area contributed by atoms with Crippen LogP contribution in [0.2, 0.25) is 0 Å². The first-order valence-corrected chi connectivity index (χ1v) is 13.7. The van der Waals surface area contributed by atoms with Gasteiger partial charge in [-0.25, -0.2) is 0 Å². The van der Waals surface area contributed by atoms with Crippen molar-refractivity contribution in [2.24, 2.45) is 5.92 Å². The number of nitriles is 1. The van der Waals surface area contributed by atoms with Gasteiger partial charge in [-0.3, -0.25) is 4.79 Å². The lowest BCUT2D eigenvalue weighted by molar-refractivity contribution is -0.140. The molecule has 4 nitrogen and oxygen atoms in total. The largest absolute Gasteiger partial charge is 0.493 e. The van der Waals surface area contributed by atoms with E-state index in [1.807, 2.05) is 36.4 Å². The highest BCUT2D eigenvalue weighted by atomic mass is 16.5. The third-order valence-electron chi connectivity index (χ3n) is 6.66. The van der Waals surface area contributed by atoms with E-state index in [1.54, 1.807) is 0 Å². The number of benzene rings is 3. The summed E-state index contributed by atoms with van der Waals surface area (Å²) in [5.74, 6) is 1.03. The van der Waals surface area contributed by atoms with E-state index in [0.717, 1.165) is 61.8 Å². The van der Waals surface area contributed by atoms with E-state index in [0.29, 0.717) is 18.6 Å². The van der Waals surface area contributed by atoms with Gasteiger partial charge in [0, 0.05) is 12.0 Å². The molecule has 4 heteroatoms. The van der Waals surface area contributed by atoms with Crippen molar-refractivity contribution in [2.45, 2.75) is 57.8 Å². The molecule has 0 amide bonds. The Kier molecular flexibility index (Phi) is 12.7. The molecule has 1 atom stereocenters. The van der Waals surface area contributed by atoms with Crippen LogP contribution >= 0.6 is 0 Å². The summed E-state index contributed by atoms with van der Waals surface area (Å²) in [6.07, 6.45) is 12.8. The van der Waals surface area contributed by atoms with Crippen molar-refractivity contribution in [1.29, 1.82) is 5.26 Å². The van der Waals surface area contributed by atoms with Crippen LogP contribution in [-0.4, -0.2) is 19.7 Å². The van der Waals surface area contributed by atoms with Gasteiger partial charge in [0.15, 0.2) is 0 Å². The molecule has 0 aromatic heterocycles. The Bertz CT molecular complexity index is 1180. The van der Waals surface area contributed by atoms with Crippen molar-refractivity contribution in [1.82, 2.24) is 0 Å². The average molecular weight is 510 g/mol. The molecule has 0 aliphatic rings. The van der Waals surface area contributed by atoms with Crippen LogP contribution in [0.3, 0.4) is 0 Å². The lowest BCUT2D eigenvalue weighted by atomic mass is 9.92. The molecule has 0 saturated heterocycles. The molecule has 3 aromatic rings. The van der Waals surface area contributed by atoms with Crippen molar-refractivity contribution in [3.05, 3.63) is 107 Å². The van der Waals surface area contributed by atoms with Gasteiger partial charge in [0.05, 0.1) is 25.3 Å². The van der Waals surface area contributed by atoms with Gasteiger partial charge in [0.2, 0.25) is 0 Å². The molecule has 0 radical (unpaired) electrons. The van der Waals surface area contributed by atoms with Crippen LogP contribution in [0.25, 0.3) is 6.08 Å². The van der Waals surface area contributed by atoms with Crippen molar-refractivity contribution < 1.29 is 14.3 Å². The van der Waals surface area contributed by atoms with Gasteiger partial charge in [-0.15, -0.1) is 0 Å². The van der Waals surface area contributed by atoms with Gasteiger partial charge in [-0.1, -0.05) is 79.2 Å². The van der Waals surface area contributed by atoms with Crippen molar-refractivity contribution in [2.75, 3.05) is 13.7 Å². The first kappa shape index (κ1) is 28.7. The van der Waals surface area contributed by atoms with E-state index >= 15 is 0 Å². The number of rotatable bonds is 16. The minimum absolute atomic E-state index is 0.162. The fourth-order valence-electron chi connectivity index (χ4n) is 4.54. The van der Waals surface area contributed by atoms with E-state index < -0.39 is 0 Å². The molecule has 38 heavy (non-hydrogen) atoms. The quantitative estimate of drug-likeness (QED) is 0.145. The van der Waals surface area contributed by atoms with Gasteiger partial charge in [0.1, 0.15) is 5.75 Å². The van der Waals surface area contributed by atoms with Crippen LogP contribution in [0.5, 0.6) is 5.75 Å². The van der Waals surface area contributed by atoms with Crippen LogP contribution in [-0.2, 0) is 22.4 Å². The number of para-hydroxylation sites is 1. The van der Waals surface area contributed by atoms with E-state index in [-0.39, 0.29) is 11.9 Å². The predicted octanol–water partition coefficient (Wildman–Crippen LogP) is 7.96. The first-order chi connectivity index (χ1) is 18.7. The Balaban J connectivity index is 1.56. The minimum Gasteiger partial charge on any atom is -0.493 e. The number of aryl methyl sites for hydroxylation is 1. The number of allylic oxidation sites excluding steroid dienone is 1. The van der Waals surface area contributed by atoms with Crippen molar-refractivity contribution in [3.8, 4) is 11.8 Å². The maximum Gasteiger partial charge on any atom is 0.305 e. The lowest BCUT2D eigenvalue weighted by Gasteiger charge is -2.14. The number of hydrogen-bond acceptors (Lipinski definition) is 4. The summed E-state index contributed by atoms with van der Waals surface area (Å²) in [6, 6.07) is 28.8. The zero-order valence-corrected chi connectivity index (χ0v) is 22.5. The number of carbonyl (C=O) groups excluding carboxylic acids is 1. The zero-order valence-electron chi connectivity index (χ0n) is 22.5. The summed E-state index contributed by atoms with van der Waals surface area (Å²) in [4.78, 5) is 11.5. The van der Waals surface area contributed by atoms with Gasteiger partial charge >= 0.3 is 5.97 Å². The lowest BCUT2D eigenvalue weighted by Crippen LogP contribution is -2.04. The monoisotopic (exact) mass is 509 g/mol. The van der Waals surface area contributed by atoms with Gasteiger partial charge in [0.25, 0.3) is 0 Å². The summed E-state index contributed by atoms with van der Waals surface area (Å²) < 4.78 is 10.9. The number of methoxy groups -OCH3 is 1. The molecule has 0 aliphatic carbocycles. The molecular formula is C34H39NO3. The summed E-state index contributed by atoms with van der Waals surface area (Å²) in [5.41, 5.74) is 4.29. The highest BCUT2D eigenvalue weighted by molar-refractivity contribution is 5.69. The standard InChI is InChI=1S/C34H39NO3/c1-37-34(36)21-10-7-16-29(25-30-17-12-18-31(26-30)27-35)22-23-32-19-8-9-20-33(32)38-24-11-3-6-15-28-13-4-2-5-14-28/h2,4-5,8-9,12-14,17-20,22-23,26,29H,3,6-7,10-11,15-16,21,24-25H2,1H3/b23-22+. The van der Waals surface area contributed by atoms with Crippen LogP contribution in [0, 0.1) is 17.2 Å². The third-order valence-corrected chi connectivity index (χ3v) is 6.66. The summed E-state index contributed by atoms with van der Waals surface area (Å²) >= 11 is 0. The molecule has 0 fully saturated rings. The summed E-state index contributed by atoms with van der Waals surface area (Å²) in [7, 11) is 1.43. The molecule has 0 heterocycles. The third kappa shape index (κ3) is 10.6. The van der Waals surface area contributed by atoms with Gasteiger partial charge < -0.3 is 9.47 Å². The number of unbranched alkanes of at least 4 members (excludes halogenated alkanes) is 3. The fraction of sp³-hybridized carbons (Fsp3) is 0.353. The number of carbonyl (C=O) groups is 1.